The molecule has 2 aromatic heterocycles. The first-order chi connectivity index (χ1) is 13.1. The second-order valence-corrected chi connectivity index (χ2v) is 11.4. The molecule has 0 bridgehead atoms. The van der Waals surface area contributed by atoms with Gasteiger partial charge in [-0.2, -0.15) is 16.8 Å². The summed E-state index contributed by atoms with van der Waals surface area (Å²) in [6, 6.07) is 0. The molecule has 2 atom stereocenters. The molecule has 158 valence electrons. The van der Waals surface area contributed by atoms with Gasteiger partial charge in [0.25, 0.3) is 20.2 Å². The Kier molecular flexibility index (Phi) is 8.65. The minimum absolute atomic E-state index is 0.121. The maximum atomic E-state index is 12.2. The topological polar surface area (TPSA) is 113 Å². The summed E-state index contributed by atoms with van der Waals surface area (Å²) in [5.74, 6) is -1.80. The van der Waals surface area contributed by atoms with Crippen LogP contribution in [-0.2, 0) is 28.6 Å². The van der Waals surface area contributed by atoms with Gasteiger partial charge in [-0.15, -0.1) is 45.9 Å². The zero-order valence-electron chi connectivity index (χ0n) is 14.9. The van der Waals surface area contributed by atoms with Gasteiger partial charge in [-0.1, -0.05) is 0 Å². The molecule has 0 N–H and O–H groups in total. The Hall–Kier alpha value is -0.340. The predicted octanol–water partition coefficient (Wildman–Crippen LogP) is 3.17. The molecule has 2 rings (SSSR count). The molecule has 14 heteroatoms. The fraction of sp³-hybridized carbons (Fsp3) is 0.571. The Morgan fingerprint density at radius 2 is 1.21 bits per heavy atom. The Labute approximate surface area is 182 Å². The van der Waals surface area contributed by atoms with E-state index in [2.05, 4.69) is 9.97 Å². The van der Waals surface area contributed by atoms with Gasteiger partial charge in [-0.25, -0.2) is 9.97 Å². The van der Waals surface area contributed by atoms with E-state index < -0.39 is 43.9 Å². The van der Waals surface area contributed by atoms with Crippen molar-refractivity contribution in [3.8, 4) is 0 Å². The van der Waals surface area contributed by atoms with E-state index in [-0.39, 0.29) is 11.8 Å². The standard InChI is InChI=1S/C14H18Cl2N2O6S4/c1-9-13(25-7-17-9)11(5-15)23-27(19,20)3-4-28(21,22)24-12(6-16)14-10(2)18-8-26-14/h7-8,11-12H,3-6H2,1-2H3. The molecule has 0 radical (unpaired) electrons. The number of nitrogens with zero attached hydrogens (tertiary/aromatic N) is 2. The molecular weight excluding hydrogens is 491 g/mol. The van der Waals surface area contributed by atoms with Crippen LogP contribution in [0.5, 0.6) is 0 Å². The van der Waals surface area contributed by atoms with Gasteiger partial charge in [0.15, 0.2) is 0 Å². The van der Waals surface area contributed by atoms with Crippen molar-refractivity contribution in [2.24, 2.45) is 0 Å². The normalized spacial score (nSPS) is 14.9. The predicted molar refractivity (Wildman–Crippen MR) is 110 cm³/mol. The summed E-state index contributed by atoms with van der Waals surface area (Å²) in [6.07, 6.45) is -1.86. The summed E-state index contributed by atoms with van der Waals surface area (Å²) in [4.78, 5) is 9.19. The number of aromatic nitrogens is 2. The molecule has 0 saturated heterocycles. The van der Waals surface area contributed by atoms with Gasteiger partial charge < -0.3 is 0 Å². The highest BCUT2D eigenvalue weighted by atomic mass is 35.5. The van der Waals surface area contributed by atoms with Crippen LogP contribution in [0.3, 0.4) is 0 Å². The van der Waals surface area contributed by atoms with E-state index in [0.717, 1.165) is 0 Å². The van der Waals surface area contributed by atoms with Crippen molar-refractivity contribution in [3.63, 3.8) is 0 Å². The smallest absolute Gasteiger partial charge is 0.260 e. The van der Waals surface area contributed by atoms with E-state index in [1.807, 2.05) is 0 Å². The molecule has 0 amide bonds. The first-order valence-corrected chi connectivity index (χ1v) is 13.8. The van der Waals surface area contributed by atoms with E-state index in [0.29, 0.717) is 21.1 Å². The van der Waals surface area contributed by atoms with Gasteiger partial charge in [-0.05, 0) is 13.8 Å². The Bertz CT molecular complexity index is 909. The van der Waals surface area contributed by atoms with Crippen molar-refractivity contribution in [3.05, 3.63) is 32.2 Å². The summed E-state index contributed by atoms with van der Waals surface area (Å²) >= 11 is 14.0. The third kappa shape index (κ3) is 6.59. The lowest BCUT2D eigenvalue weighted by Gasteiger charge is -2.16. The first-order valence-electron chi connectivity index (χ1n) is 7.82. The van der Waals surface area contributed by atoms with E-state index in [9.17, 15) is 16.8 Å². The van der Waals surface area contributed by atoms with Gasteiger partial charge in [0.05, 0.1) is 55.4 Å². The molecule has 28 heavy (non-hydrogen) atoms. The zero-order valence-corrected chi connectivity index (χ0v) is 19.6. The fourth-order valence-corrected chi connectivity index (χ4v) is 7.59. The summed E-state index contributed by atoms with van der Waals surface area (Å²) in [5, 5.41) is 0. The van der Waals surface area contributed by atoms with E-state index in [1.165, 1.54) is 22.7 Å². The van der Waals surface area contributed by atoms with E-state index in [4.69, 9.17) is 31.6 Å². The molecular formula is C14H18Cl2N2O6S4. The van der Waals surface area contributed by atoms with E-state index >= 15 is 0 Å². The van der Waals surface area contributed by atoms with Crippen LogP contribution >= 0.6 is 45.9 Å². The SMILES string of the molecule is Cc1ncsc1C(CCl)OS(=O)(=O)CCS(=O)(=O)OC(CCl)c1scnc1C. The fourth-order valence-electron chi connectivity index (χ4n) is 2.17. The van der Waals surface area contributed by atoms with Crippen LogP contribution in [0.1, 0.15) is 33.4 Å². The molecule has 0 spiro atoms. The highest BCUT2D eigenvalue weighted by Gasteiger charge is 2.28. The molecule has 0 saturated carbocycles. The molecule has 0 fully saturated rings. The maximum Gasteiger partial charge on any atom is 0.269 e. The van der Waals surface area contributed by atoms with Crippen LogP contribution in [0.25, 0.3) is 0 Å². The van der Waals surface area contributed by atoms with Gasteiger partial charge in [0, 0.05) is 0 Å². The number of alkyl halides is 2. The molecule has 2 aromatic rings. The van der Waals surface area contributed by atoms with Gasteiger partial charge in [0.2, 0.25) is 0 Å². The van der Waals surface area contributed by atoms with Crippen LogP contribution in [-0.4, -0.2) is 50.1 Å². The van der Waals surface area contributed by atoms with Crippen LogP contribution in [0.2, 0.25) is 0 Å². The largest absolute Gasteiger partial charge is 0.269 e. The van der Waals surface area contributed by atoms with Crippen LogP contribution in [0.15, 0.2) is 11.0 Å². The number of aryl methyl sites for hydroxylation is 2. The van der Waals surface area contributed by atoms with Crippen molar-refractivity contribution in [2.75, 3.05) is 23.3 Å². The molecule has 0 aliphatic carbocycles. The van der Waals surface area contributed by atoms with Crippen molar-refractivity contribution < 1.29 is 25.2 Å². The number of thiazole rings is 2. The minimum Gasteiger partial charge on any atom is -0.260 e. The quantitative estimate of drug-likeness (QED) is 0.335. The number of halogens is 2. The average molecular weight is 509 g/mol. The van der Waals surface area contributed by atoms with Crippen molar-refractivity contribution in [1.29, 1.82) is 0 Å². The van der Waals surface area contributed by atoms with Gasteiger partial charge in [0.1, 0.15) is 12.2 Å². The number of rotatable bonds is 11. The van der Waals surface area contributed by atoms with Crippen LogP contribution < -0.4 is 0 Å². The number of hydrogen-bond donors (Lipinski definition) is 0. The molecule has 0 aliphatic heterocycles. The maximum absolute atomic E-state index is 12.2. The van der Waals surface area contributed by atoms with E-state index in [1.54, 1.807) is 24.9 Å². The van der Waals surface area contributed by atoms with Crippen LogP contribution in [0.4, 0.5) is 0 Å². The summed E-state index contributed by atoms with van der Waals surface area (Å²) in [5.41, 5.74) is 4.30. The second-order valence-electron chi connectivity index (χ2n) is 5.61. The average Bonchev–Trinajstić information content (AvgIpc) is 3.24. The monoisotopic (exact) mass is 508 g/mol. The lowest BCUT2D eigenvalue weighted by molar-refractivity contribution is 0.235. The highest BCUT2D eigenvalue weighted by Crippen LogP contribution is 2.29. The molecule has 0 aromatic carbocycles. The van der Waals surface area contributed by atoms with Crippen molar-refractivity contribution in [1.82, 2.24) is 9.97 Å². The lowest BCUT2D eigenvalue weighted by Crippen LogP contribution is -2.24. The summed E-state index contributed by atoms with van der Waals surface area (Å²) in [6.45, 7) is 3.40. The van der Waals surface area contributed by atoms with Gasteiger partial charge in [-0.3, -0.25) is 8.37 Å². The third-order valence-corrected chi connectivity index (χ3v) is 8.86. The lowest BCUT2D eigenvalue weighted by atomic mass is 10.3. The molecule has 2 heterocycles. The zero-order chi connectivity index (χ0) is 20.9. The third-order valence-electron chi connectivity index (χ3n) is 3.54. The molecule has 8 nitrogen and oxygen atoms in total. The van der Waals surface area contributed by atoms with Crippen molar-refractivity contribution in [2.45, 2.75) is 26.1 Å². The van der Waals surface area contributed by atoms with Gasteiger partial charge >= 0.3 is 0 Å². The van der Waals surface area contributed by atoms with Crippen molar-refractivity contribution >= 4 is 66.1 Å². The highest BCUT2D eigenvalue weighted by molar-refractivity contribution is 7.90. The minimum atomic E-state index is -4.18. The Morgan fingerprint density at radius 1 is 0.857 bits per heavy atom. The number of hydrogen-bond acceptors (Lipinski definition) is 10. The molecule has 2 unspecified atom stereocenters. The second kappa shape index (κ2) is 10.1. The molecule has 0 aliphatic rings. The van der Waals surface area contributed by atoms with Crippen LogP contribution in [0, 0.1) is 13.8 Å². The Morgan fingerprint density at radius 3 is 1.46 bits per heavy atom. The Balaban J connectivity index is 2.02. The summed E-state index contributed by atoms with van der Waals surface area (Å²) in [7, 11) is -8.36. The first kappa shape index (κ1) is 23.9. The summed E-state index contributed by atoms with van der Waals surface area (Å²) < 4.78 is 59.1.